The van der Waals surface area contributed by atoms with Crippen molar-refractivity contribution >= 4 is 40.5 Å². The van der Waals surface area contributed by atoms with Gasteiger partial charge >= 0.3 is 6.18 Å². The van der Waals surface area contributed by atoms with Gasteiger partial charge in [-0.25, -0.2) is 0 Å². The van der Waals surface area contributed by atoms with E-state index in [4.69, 9.17) is 28.5 Å². The average Bonchev–Trinajstić information content (AvgIpc) is 2.58. The minimum atomic E-state index is -4.44. The summed E-state index contributed by atoms with van der Waals surface area (Å²) in [7, 11) is 0. The maximum Gasteiger partial charge on any atom is 0.416 e. The van der Waals surface area contributed by atoms with Crippen LogP contribution in [-0.4, -0.2) is 5.91 Å². The summed E-state index contributed by atoms with van der Waals surface area (Å²) < 4.78 is 37.5. The first-order valence-corrected chi connectivity index (χ1v) is 7.77. The molecule has 0 atom stereocenters. The molecule has 4 nitrogen and oxygen atoms in total. The van der Waals surface area contributed by atoms with Gasteiger partial charge in [0.2, 0.25) is 0 Å². The van der Waals surface area contributed by atoms with Crippen LogP contribution in [0.3, 0.4) is 0 Å². The van der Waals surface area contributed by atoms with Gasteiger partial charge < -0.3 is 10.6 Å². The number of hydrogen-bond acceptors (Lipinski definition) is 3. The number of anilines is 2. The number of amides is 1. The van der Waals surface area contributed by atoms with Gasteiger partial charge in [-0.05, 0) is 42.5 Å². The van der Waals surface area contributed by atoms with Gasteiger partial charge in [-0.15, -0.1) is 0 Å². The fourth-order valence-corrected chi connectivity index (χ4v) is 2.13. The molecule has 2 aromatic rings. The molecule has 134 valence electrons. The Morgan fingerprint density at radius 3 is 2.19 bits per heavy atom. The zero-order valence-corrected chi connectivity index (χ0v) is 14.4. The lowest BCUT2D eigenvalue weighted by molar-refractivity contribution is -0.137. The highest BCUT2D eigenvalue weighted by molar-refractivity contribution is 6.42. The van der Waals surface area contributed by atoms with E-state index in [9.17, 15) is 18.0 Å². The minimum Gasteiger partial charge on any atom is -0.360 e. The van der Waals surface area contributed by atoms with E-state index in [1.165, 1.54) is 30.3 Å². The molecule has 0 fully saturated rings. The van der Waals surface area contributed by atoms with Crippen LogP contribution < -0.4 is 10.6 Å². The highest BCUT2D eigenvalue weighted by atomic mass is 35.5. The highest BCUT2D eigenvalue weighted by Crippen LogP contribution is 2.30. The summed E-state index contributed by atoms with van der Waals surface area (Å²) in [5, 5.41) is 14.7. The van der Waals surface area contributed by atoms with Crippen molar-refractivity contribution < 1.29 is 18.0 Å². The zero-order chi connectivity index (χ0) is 19.3. The van der Waals surface area contributed by atoms with E-state index in [0.29, 0.717) is 10.7 Å². The topological polar surface area (TPSA) is 64.9 Å². The SMILES string of the molecule is N#C/C(=C/Nc1ccc(C(F)(F)F)cc1)C(=O)Nc1ccc(Cl)c(Cl)c1. The zero-order valence-electron chi connectivity index (χ0n) is 12.9. The van der Waals surface area contributed by atoms with Crippen molar-refractivity contribution in [2.24, 2.45) is 0 Å². The third-order valence-corrected chi connectivity index (χ3v) is 3.88. The molecule has 0 unspecified atom stereocenters. The van der Waals surface area contributed by atoms with Gasteiger partial charge in [0.15, 0.2) is 0 Å². The van der Waals surface area contributed by atoms with Crippen LogP contribution in [0.4, 0.5) is 24.5 Å². The molecule has 0 aliphatic rings. The number of carbonyl (C=O) groups excluding carboxylic acids is 1. The molecule has 0 aliphatic heterocycles. The molecule has 0 spiro atoms. The van der Waals surface area contributed by atoms with Gasteiger partial charge in [-0.2, -0.15) is 18.4 Å². The summed E-state index contributed by atoms with van der Waals surface area (Å²) in [6, 6.07) is 10.2. The number of carbonyl (C=O) groups is 1. The Kier molecular flexibility index (Phi) is 6.14. The molecule has 0 aromatic heterocycles. The average molecular weight is 400 g/mol. The predicted octanol–water partition coefficient (Wildman–Crippen LogP) is 5.47. The molecule has 0 heterocycles. The van der Waals surface area contributed by atoms with Crippen LogP contribution in [0.1, 0.15) is 5.56 Å². The number of nitrogens with one attached hydrogen (secondary N) is 2. The normalized spacial score (nSPS) is 11.6. The Labute approximate surface area is 156 Å². The quantitative estimate of drug-likeness (QED) is 0.529. The first kappa shape index (κ1) is 19.6. The summed E-state index contributed by atoms with van der Waals surface area (Å²) >= 11 is 11.6. The van der Waals surface area contributed by atoms with Crippen LogP contribution in [0, 0.1) is 11.3 Å². The molecule has 0 saturated carbocycles. The molecule has 1 amide bonds. The first-order valence-electron chi connectivity index (χ1n) is 7.01. The largest absolute Gasteiger partial charge is 0.416 e. The molecule has 0 bridgehead atoms. The van der Waals surface area contributed by atoms with Gasteiger partial charge in [0.1, 0.15) is 11.6 Å². The van der Waals surface area contributed by atoms with E-state index in [1.807, 2.05) is 0 Å². The molecular weight excluding hydrogens is 390 g/mol. The van der Waals surface area contributed by atoms with Crippen molar-refractivity contribution in [2.75, 3.05) is 10.6 Å². The second kappa shape index (κ2) is 8.13. The van der Waals surface area contributed by atoms with Crippen molar-refractivity contribution in [1.29, 1.82) is 5.26 Å². The molecule has 0 aliphatic carbocycles. The van der Waals surface area contributed by atoms with Crippen molar-refractivity contribution in [3.8, 4) is 6.07 Å². The lowest BCUT2D eigenvalue weighted by Crippen LogP contribution is -2.14. The fraction of sp³-hybridized carbons (Fsp3) is 0.0588. The molecular formula is C17H10Cl2F3N3O. The third-order valence-electron chi connectivity index (χ3n) is 3.14. The number of alkyl halides is 3. The number of nitrogens with zero attached hydrogens (tertiary/aromatic N) is 1. The van der Waals surface area contributed by atoms with Gasteiger partial charge in [0, 0.05) is 17.6 Å². The smallest absolute Gasteiger partial charge is 0.360 e. The highest BCUT2D eigenvalue weighted by Gasteiger charge is 2.29. The summed E-state index contributed by atoms with van der Waals surface area (Å²) in [5.41, 5.74) is -0.464. The second-order valence-electron chi connectivity index (χ2n) is 4.97. The lowest BCUT2D eigenvalue weighted by Gasteiger charge is -2.08. The van der Waals surface area contributed by atoms with Crippen molar-refractivity contribution in [3.63, 3.8) is 0 Å². The van der Waals surface area contributed by atoms with E-state index in [2.05, 4.69) is 10.6 Å². The van der Waals surface area contributed by atoms with Gasteiger partial charge in [-0.3, -0.25) is 4.79 Å². The summed E-state index contributed by atoms with van der Waals surface area (Å²) in [6.07, 6.45) is -3.35. The first-order chi connectivity index (χ1) is 12.2. The van der Waals surface area contributed by atoms with E-state index < -0.39 is 17.6 Å². The van der Waals surface area contributed by atoms with Crippen LogP contribution in [0.5, 0.6) is 0 Å². The van der Waals surface area contributed by atoms with Gasteiger partial charge in [0.25, 0.3) is 5.91 Å². The maximum absolute atomic E-state index is 12.5. The number of nitriles is 1. The van der Waals surface area contributed by atoms with E-state index in [0.717, 1.165) is 18.3 Å². The van der Waals surface area contributed by atoms with Gasteiger partial charge in [-0.1, -0.05) is 23.2 Å². The third kappa shape index (κ3) is 5.15. The predicted molar refractivity (Wildman–Crippen MR) is 93.9 cm³/mol. The Morgan fingerprint density at radius 2 is 1.65 bits per heavy atom. The Balaban J connectivity index is 2.08. The van der Waals surface area contributed by atoms with Crippen molar-refractivity contribution in [1.82, 2.24) is 0 Å². The summed E-state index contributed by atoms with van der Waals surface area (Å²) in [5.74, 6) is -0.717. The fourth-order valence-electron chi connectivity index (χ4n) is 1.83. The van der Waals surface area contributed by atoms with Gasteiger partial charge in [0.05, 0.1) is 15.6 Å². The van der Waals surface area contributed by atoms with Crippen LogP contribution in [0.2, 0.25) is 10.0 Å². The number of rotatable bonds is 4. The molecule has 2 rings (SSSR count). The van der Waals surface area contributed by atoms with Crippen molar-refractivity contribution in [2.45, 2.75) is 6.18 Å². The van der Waals surface area contributed by atoms with E-state index in [1.54, 1.807) is 6.07 Å². The van der Waals surface area contributed by atoms with Crippen LogP contribution in [0.15, 0.2) is 54.2 Å². The molecule has 2 aromatic carbocycles. The molecule has 26 heavy (non-hydrogen) atoms. The standard InChI is InChI=1S/C17H10Cl2F3N3O/c18-14-6-5-13(7-15(14)19)25-16(26)10(8-23)9-24-12-3-1-11(2-4-12)17(20,21)22/h1-7,9,24H,(H,25,26)/b10-9-. The molecule has 2 N–H and O–H groups in total. The Morgan fingerprint density at radius 1 is 1.04 bits per heavy atom. The van der Waals surface area contributed by atoms with E-state index in [-0.39, 0.29) is 16.3 Å². The Hall–Kier alpha value is -2.69. The second-order valence-corrected chi connectivity index (χ2v) is 5.79. The monoisotopic (exact) mass is 399 g/mol. The summed E-state index contributed by atoms with van der Waals surface area (Å²) in [6.45, 7) is 0. The number of benzene rings is 2. The van der Waals surface area contributed by atoms with Crippen LogP contribution >= 0.6 is 23.2 Å². The van der Waals surface area contributed by atoms with Crippen LogP contribution in [-0.2, 0) is 11.0 Å². The van der Waals surface area contributed by atoms with Crippen LogP contribution in [0.25, 0.3) is 0 Å². The molecule has 9 heteroatoms. The number of halogens is 5. The minimum absolute atomic E-state index is 0.231. The lowest BCUT2D eigenvalue weighted by atomic mass is 10.2. The van der Waals surface area contributed by atoms with Crippen molar-refractivity contribution in [3.05, 3.63) is 69.8 Å². The molecule has 0 saturated heterocycles. The molecule has 0 radical (unpaired) electrons. The summed E-state index contributed by atoms with van der Waals surface area (Å²) in [4.78, 5) is 12.1. The maximum atomic E-state index is 12.5. The Bertz CT molecular complexity index is 888. The number of hydrogen-bond donors (Lipinski definition) is 2. The van der Waals surface area contributed by atoms with E-state index >= 15 is 0 Å².